The predicted molar refractivity (Wildman–Crippen MR) is 80.5 cm³/mol. The summed E-state index contributed by atoms with van der Waals surface area (Å²) in [5.74, 6) is 0.102. The first kappa shape index (κ1) is 15.2. The average molecular weight is 306 g/mol. The fourth-order valence-corrected chi connectivity index (χ4v) is 1.92. The summed E-state index contributed by atoms with van der Waals surface area (Å²) in [6, 6.07) is 1.70. The molecule has 7 heteroatoms. The van der Waals surface area contributed by atoms with Gasteiger partial charge in [-0.1, -0.05) is 17.2 Å². The van der Waals surface area contributed by atoms with Crippen LogP contribution in [0.1, 0.15) is 30.1 Å². The van der Waals surface area contributed by atoms with E-state index in [0.29, 0.717) is 18.1 Å². The summed E-state index contributed by atoms with van der Waals surface area (Å²) >= 11 is 5.99. The molecule has 0 aliphatic carbocycles. The molecule has 0 spiro atoms. The minimum atomic E-state index is -0.260. The van der Waals surface area contributed by atoms with Gasteiger partial charge in [-0.25, -0.2) is 14.6 Å². The Balaban J connectivity index is 2.02. The number of amides is 1. The molecule has 21 heavy (non-hydrogen) atoms. The molecule has 0 aliphatic heterocycles. The van der Waals surface area contributed by atoms with Crippen molar-refractivity contribution in [2.45, 2.75) is 19.8 Å². The number of hydrogen-bond acceptors (Lipinski definition) is 4. The zero-order valence-corrected chi connectivity index (χ0v) is 12.5. The number of halogens is 1. The molecule has 0 fully saturated rings. The lowest BCUT2D eigenvalue weighted by atomic mass is 10.2. The summed E-state index contributed by atoms with van der Waals surface area (Å²) in [5.41, 5.74) is 1.40. The Bertz CT molecular complexity index is 638. The second-order valence-electron chi connectivity index (χ2n) is 4.64. The van der Waals surface area contributed by atoms with E-state index in [4.69, 9.17) is 11.6 Å². The maximum Gasteiger partial charge on any atom is 0.256 e. The SMILES string of the molecule is C=C(C)CCCNC(=O)c1cn(-c2ncccn2)nc1Cl. The Hall–Kier alpha value is -2.21. The summed E-state index contributed by atoms with van der Waals surface area (Å²) in [6.45, 7) is 6.35. The summed E-state index contributed by atoms with van der Waals surface area (Å²) in [5, 5.41) is 6.97. The van der Waals surface area contributed by atoms with Gasteiger partial charge in [0.15, 0.2) is 5.15 Å². The molecule has 110 valence electrons. The highest BCUT2D eigenvalue weighted by molar-refractivity contribution is 6.32. The first-order valence-corrected chi connectivity index (χ1v) is 6.91. The van der Waals surface area contributed by atoms with Crippen LogP contribution in [0, 0.1) is 0 Å². The Morgan fingerprint density at radius 3 is 2.81 bits per heavy atom. The van der Waals surface area contributed by atoms with Gasteiger partial charge in [-0.05, 0) is 25.8 Å². The Morgan fingerprint density at radius 2 is 2.14 bits per heavy atom. The zero-order chi connectivity index (χ0) is 15.2. The van der Waals surface area contributed by atoms with Crippen LogP contribution in [0.4, 0.5) is 0 Å². The van der Waals surface area contributed by atoms with Crippen LogP contribution < -0.4 is 5.32 Å². The summed E-state index contributed by atoms with van der Waals surface area (Å²) in [7, 11) is 0. The van der Waals surface area contributed by atoms with Crippen LogP contribution >= 0.6 is 11.6 Å². The van der Waals surface area contributed by atoms with E-state index in [1.165, 1.54) is 10.9 Å². The van der Waals surface area contributed by atoms with Crippen molar-refractivity contribution >= 4 is 17.5 Å². The smallest absolute Gasteiger partial charge is 0.256 e. The van der Waals surface area contributed by atoms with Crippen molar-refractivity contribution in [1.82, 2.24) is 25.1 Å². The Morgan fingerprint density at radius 1 is 1.43 bits per heavy atom. The summed E-state index contributed by atoms with van der Waals surface area (Å²) < 4.78 is 1.38. The van der Waals surface area contributed by atoms with Gasteiger partial charge in [0, 0.05) is 25.1 Å². The quantitative estimate of drug-likeness (QED) is 0.657. The molecule has 6 nitrogen and oxygen atoms in total. The van der Waals surface area contributed by atoms with E-state index in [1.54, 1.807) is 18.5 Å². The van der Waals surface area contributed by atoms with Gasteiger partial charge in [-0.2, -0.15) is 5.10 Å². The molecule has 0 saturated heterocycles. The molecule has 0 saturated carbocycles. The van der Waals surface area contributed by atoms with Crippen molar-refractivity contribution in [2.75, 3.05) is 6.54 Å². The topological polar surface area (TPSA) is 72.7 Å². The lowest BCUT2D eigenvalue weighted by molar-refractivity contribution is 0.0953. The normalized spacial score (nSPS) is 10.4. The van der Waals surface area contributed by atoms with Crippen molar-refractivity contribution in [2.24, 2.45) is 0 Å². The second-order valence-corrected chi connectivity index (χ2v) is 5.00. The summed E-state index contributed by atoms with van der Waals surface area (Å²) in [4.78, 5) is 20.1. The maximum atomic E-state index is 12.0. The highest BCUT2D eigenvalue weighted by Crippen LogP contribution is 2.15. The van der Waals surface area contributed by atoms with E-state index in [0.717, 1.165) is 18.4 Å². The summed E-state index contributed by atoms with van der Waals surface area (Å²) in [6.07, 6.45) is 6.43. The maximum absolute atomic E-state index is 12.0. The lowest BCUT2D eigenvalue weighted by Crippen LogP contribution is -2.24. The highest BCUT2D eigenvalue weighted by Gasteiger charge is 2.16. The van der Waals surface area contributed by atoms with Crippen molar-refractivity contribution in [3.63, 3.8) is 0 Å². The van der Waals surface area contributed by atoms with Gasteiger partial charge in [0.25, 0.3) is 5.91 Å². The van der Waals surface area contributed by atoms with Crippen LogP contribution in [0.5, 0.6) is 0 Å². The molecule has 0 unspecified atom stereocenters. The van der Waals surface area contributed by atoms with E-state index in [1.807, 2.05) is 6.92 Å². The molecule has 2 aromatic heterocycles. The zero-order valence-electron chi connectivity index (χ0n) is 11.7. The lowest BCUT2D eigenvalue weighted by Gasteiger charge is -2.03. The van der Waals surface area contributed by atoms with E-state index < -0.39 is 0 Å². The Kier molecular flexibility index (Phi) is 5.05. The van der Waals surface area contributed by atoms with E-state index in [-0.39, 0.29) is 11.1 Å². The fraction of sp³-hybridized carbons (Fsp3) is 0.286. The number of nitrogens with one attached hydrogen (secondary N) is 1. The molecule has 0 bridgehead atoms. The number of allylic oxidation sites excluding steroid dienone is 1. The Labute approximate surface area is 127 Å². The molecule has 0 radical (unpaired) electrons. The third-order valence-corrected chi connectivity index (χ3v) is 3.02. The molecule has 0 aromatic carbocycles. The number of rotatable bonds is 6. The standard InChI is InChI=1S/C14H16ClN5O/c1-10(2)5-3-6-16-13(21)11-9-20(19-12(11)15)14-17-7-4-8-18-14/h4,7-9H,1,3,5-6H2,2H3,(H,16,21). The van der Waals surface area contributed by atoms with Crippen LogP contribution in [0.25, 0.3) is 5.95 Å². The van der Waals surface area contributed by atoms with Crippen molar-refractivity contribution in [1.29, 1.82) is 0 Å². The number of aromatic nitrogens is 4. The average Bonchev–Trinajstić information content (AvgIpc) is 2.86. The van der Waals surface area contributed by atoms with Crippen LogP contribution in [0.15, 0.2) is 36.8 Å². The van der Waals surface area contributed by atoms with Gasteiger partial charge < -0.3 is 5.32 Å². The van der Waals surface area contributed by atoms with Crippen LogP contribution in [-0.2, 0) is 0 Å². The molecule has 1 N–H and O–H groups in total. The molecule has 1 amide bonds. The van der Waals surface area contributed by atoms with Crippen LogP contribution in [0.2, 0.25) is 5.15 Å². The largest absolute Gasteiger partial charge is 0.352 e. The highest BCUT2D eigenvalue weighted by atomic mass is 35.5. The van der Waals surface area contributed by atoms with Gasteiger partial charge in [0.2, 0.25) is 5.95 Å². The number of carbonyl (C=O) groups excluding carboxylic acids is 1. The van der Waals surface area contributed by atoms with Gasteiger partial charge in [0.05, 0.1) is 5.56 Å². The molecule has 2 heterocycles. The molecule has 0 atom stereocenters. The monoisotopic (exact) mass is 305 g/mol. The molecule has 2 rings (SSSR count). The van der Waals surface area contributed by atoms with Gasteiger partial charge in [-0.15, -0.1) is 6.58 Å². The number of hydrogen-bond donors (Lipinski definition) is 1. The minimum absolute atomic E-state index is 0.125. The minimum Gasteiger partial charge on any atom is -0.352 e. The van der Waals surface area contributed by atoms with Crippen LogP contribution in [0.3, 0.4) is 0 Å². The molecular formula is C14H16ClN5O. The van der Waals surface area contributed by atoms with Crippen molar-refractivity contribution < 1.29 is 4.79 Å². The van der Waals surface area contributed by atoms with Gasteiger partial charge in [-0.3, -0.25) is 4.79 Å². The molecular weight excluding hydrogens is 290 g/mol. The van der Waals surface area contributed by atoms with Crippen molar-refractivity contribution in [3.05, 3.63) is 47.5 Å². The first-order valence-electron chi connectivity index (χ1n) is 6.53. The van der Waals surface area contributed by atoms with Crippen molar-refractivity contribution in [3.8, 4) is 5.95 Å². The van der Waals surface area contributed by atoms with Gasteiger partial charge >= 0.3 is 0 Å². The van der Waals surface area contributed by atoms with Gasteiger partial charge in [0.1, 0.15) is 0 Å². The van der Waals surface area contributed by atoms with Crippen LogP contribution in [-0.4, -0.2) is 32.2 Å². The van der Waals surface area contributed by atoms with E-state index in [9.17, 15) is 4.79 Å². The number of carbonyl (C=O) groups is 1. The predicted octanol–water partition coefficient (Wildman–Crippen LogP) is 2.40. The third kappa shape index (κ3) is 4.13. The second kappa shape index (κ2) is 6.99. The molecule has 0 aliphatic rings. The molecule has 2 aromatic rings. The van der Waals surface area contributed by atoms with E-state index in [2.05, 4.69) is 27.0 Å². The fourth-order valence-electron chi connectivity index (χ4n) is 1.70. The van der Waals surface area contributed by atoms with E-state index >= 15 is 0 Å². The first-order chi connectivity index (χ1) is 10.1. The number of nitrogens with zero attached hydrogens (tertiary/aromatic N) is 4. The third-order valence-electron chi connectivity index (χ3n) is 2.74.